The van der Waals surface area contributed by atoms with Gasteiger partial charge in [-0.05, 0) is 74.0 Å². The minimum Gasteiger partial charge on any atom is -0.309 e. The minimum absolute atomic E-state index is 0.0784. The summed E-state index contributed by atoms with van der Waals surface area (Å²) in [4.78, 5) is 3.30. The number of nitrogens with zero attached hydrogens (tertiary/aromatic N) is 4. The highest BCUT2D eigenvalue weighted by Crippen LogP contribution is 2.45. The molecule has 0 fully saturated rings. The standard InChI is InChI=1S/C41H25F3N4/c1-24-12-16-37-31(18-24)29-8-4-6-10-35(29)47(37)39-22-33(28-15-14-27(46-3)21-34(28)41(42,43)44)40(20-26(39)23-45)48-36-11-7-5-9-30(36)32-19-25(2)13-17-38(32)48/h4-22H,1-2H3. The van der Waals surface area contributed by atoms with Crippen molar-refractivity contribution in [1.82, 2.24) is 9.13 Å². The van der Waals surface area contributed by atoms with Crippen LogP contribution in [-0.2, 0) is 6.18 Å². The number of alkyl halides is 3. The molecule has 0 spiro atoms. The van der Waals surface area contributed by atoms with Crippen LogP contribution in [0.2, 0.25) is 0 Å². The Hall–Kier alpha value is -6.31. The molecule has 0 aliphatic rings. The third-order valence-electron chi connectivity index (χ3n) is 9.10. The lowest BCUT2D eigenvalue weighted by molar-refractivity contribution is -0.137. The van der Waals surface area contributed by atoms with Gasteiger partial charge in [-0.3, -0.25) is 0 Å². The number of hydrogen-bond donors (Lipinski definition) is 0. The maximum Gasteiger partial charge on any atom is 0.415 e. The van der Waals surface area contributed by atoms with Crippen LogP contribution in [0.25, 0.3) is 71.0 Å². The summed E-state index contributed by atoms with van der Waals surface area (Å²) in [5.41, 5.74) is 5.78. The Balaban J connectivity index is 1.57. The van der Waals surface area contributed by atoms with Crippen molar-refractivity contribution in [3.05, 3.63) is 149 Å². The van der Waals surface area contributed by atoms with Gasteiger partial charge in [0, 0.05) is 27.1 Å². The summed E-state index contributed by atoms with van der Waals surface area (Å²) in [6, 6.07) is 37.2. The number of fused-ring (bicyclic) bond motifs is 6. The molecule has 0 saturated heterocycles. The lowest BCUT2D eigenvalue weighted by Crippen LogP contribution is -2.09. The van der Waals surface area contributed by atoms with E-state index < -0.39 is 11.7 Å². The van der Waals surface area contributed by atoms with E-state index in [9.17, 15) is 18.4 Å². The van der Waals surface area contributed by atoms with Crippen LogP contribution in [0, 0.1) is 31.8 Å². The number of halogens is 3. The second kappa shape index (κ2) is 10.6. The topological polar surface area (TPSA) is 38.0 Å². The highest BCUT2D eigenvalue weighted by atomic mass is 19.4. The van der Waals surface area contributed by atoms with Gasteiger partial charge in [-0.15, -0.1) is 0 Å². The van der Waals surface area contributed by atoms with Crippen LogP contribution < -0.4 is 0 Å². The normalized spacial score (nSPS) is 11.8. The molecule has 2 aromatic heterocycles. The Morgan fingerprint density at radius 3 is 1.69 bits per heavy atom. The molecule has 0 amide bonds. The predicted molar refractivity (Wildman–Crippen MR) is 186 cm³/mol. The van der Waals surface area contributed by atoms with Gasteiger partial charge in [-0.2, -0.15) is 18.4 Å². The first kappa shape index (κ1) is 29.1. The van der Waals surface area contributed by atoms with Crippen LogP contribution in [-0.4, -0.2) is 9.13 Å². The van der Waals surface area contributed by atoms with E-state index in [2.05, 4.69) is 23.0 Å². The molecule has 4 nitrogen and oxygen atoms in total. The predicted octanol–water partition coefficient (Wildman–Crippen LogP) is 11.6. The molecule has 7 heteroatoms. The van der Waals surface area contributed by atoms with Crippen molar-refractivity contribution in [2.75, 3.05) is 0 Å². The molecule has 230 valence electrons. The Morgan fingerprint density at radius 1 is 0.604 bits per heavy atom. The lowest BCUT2D eigenvalue weighted by Gasteiger charge is -2.21. The molecule has 0 bridgehead atoms. The van der Waals surface area contributed by atoms with Crippen LogP contribution in [0.5, 0.6) is 0 Å². The Bertz CT molecular complexity index is 2710. The van der Waals surface area contributed by atoms with Crippen LogP contribution >= 0.6 is 0 Å². The number of hydrogen-bond acceptors (Lipinski definition) is 1. The zero-order valence-corrected chi connectivity index (χ0v) is 25.9. The molecular weight excluding hydrogens is 605 g/mol. The quantitative estimate of drug-likeness (QED) is 0.179. The van der Waals surface area contributed by atoms with E-state index in [1.165, 1.54) is 12.1 Å². The summed E-state index contributed by atoms with van der Waals surface area (Å²) in [5.74, 6) is 0. The van der Waals surface area contributed by atoms with Gasteiger partial charge in [0.1, 0.15) is 6.07 Å². The molecule has 0 radical (unpaired) electrons. The van der Waals surface area contributed by atoms with E-state index in [4.69, 9.17) is 6.57 Å². The van der Waals surface area contributed by atoms with Gasteiger partial charge in [-0.25, -0.2) is 4.85 Å². The van der Waals surface area contributed by atoms with Gasteiger partial charge < -0.3 is 9.13 Å². The zero-order valence-electron chi connectivity index (χ0n) is 25.9. The van der Waals surface area contributed by atoms with E-state index in [0.29, 0.717) is 16.9 Å². The second-order valence-electron chi connectivity index (χ2n) is 12.1. The monoisotopic (exact) mass is 630 g/mol. The first-order valence-corrected chi connectivity index (χ1v) is 15.4. The molecule has 8 rings (SSSR count). The number of aryl methyl sites for hydroxylation is 2. The molecule has 0 saturated carbocycles. The lowest BCUT2D eigenvalue weighted by atomic mass is 9.94. The maximum atomic E-state index is 14.9. The van der Waals surface area contributed by atoms with Crippen molar-refractivity contribution in [2.45, 2.75) is 20.0 Å². The summed E-state index contributed by atoms with van der Waals surface area (Å²) < 4.78 is 48.6. The fourth-order valence-electron chi connectivity index (χ4n) is 7.02. The van der Waals surface area contributed by atoms with E-state index in [-0.39, 0.29) is 16.8 Å². The minimum atomic E-state index is -4.75. The number of benzene rings is 6. The van der Waals surface area contributed by atoms with Crippen molar-refractivity contribution in [3.8, 4) is 28.6 Å². The van der Waals surface area contributed by atoms with Crippen molar-refractivity contribution in [3.63, 3.8) is 0 Å². The van der Waals surface area contributed by atoms with Crippen LogP contribution in [0.4, 0.5) is 18.9 Å². The molecule has 6 aromatic carbocycles. The average Bonchev–Trinajstić information content (AvgIpc) is 3.59. The van der Waals surface area contributed by atoms with Gasteiger partial charge in [0.25, 0.3) is 0 Å². The number of rotatable bonds is 3. The van der Waals surface area contributed by atoms with Crippen molar-refractivity contribution in [1.29, 1.82) is 5.26 Å². The Kier molecular flexibility index (Phi) is 6.44. The van der Waals surface area contributed by atoms with Crippen LogP contribution in [0.15, 0.2) is 115 Å². The molecule has 0 N–H and O–H groups in total. The Morgan fingerprint density at radius 2 is 1.15 bits per heavy atom. The zero-order chi connectivity index (χ0) is 33.3. The van der Waals surface area contributed by atoms with E-state index in [1.54, 1.807) is 12.1 Å². The maximum absolute atomic E-state index is 14.9. The van der Waals surface area contributed by atoms with Crippen LogP contribution in [0.3, 0.4) is 0 Å². The summed E-state index contributed by atoms with van der Waals surface area (Å²) >= 11 is 0. The molecule has 48 heavy (non-hydrogen) atoms. The third kappa shape index (κ3) is 4.36. The summed E-state index contributed by atoms with van der Waals surface area (Å²) in [6.45, 7) is 11.5. The summed E-state index contributed by atoms with van der Waals surface area (Å²) in [5, 5.41) is 14.6. The number of para-hydroxylation sites is 2. The molecular formula is C41H25F3N4. The molecule has 8 aromatic rings. The molecule has 0 atom stereocenters. The van der Waals surface area contributed by atoms with Gasteiger partial charge in [0.05, 0.1) is 51.1 Å². The van der Waals surface area contributed by atoms with E-state index in [0.717, 1.165) is 60.8 Å². The summed E-state index contributed by atoms with van der Waals surface area (Å²) in [6.07, 6.45) is -4.75. The van der Waals surface area contributed by atoms with Gasteiger partial charge in [0.2, 0.25) is 0 Å². The smallest absolute Gasteiger partial charge is 0.309 e. The first-order valence-electron chi connectivity index (χ1n) is 15.4. The van der Waals surface area contributed by atoms with Gasteiger partial charge in [0.15, 0.2) is 5.69 Å². The fraction of sp³-hybridized carbons (Fsp3) is 0.0732. The first-order chi connectivity index (χ1) is 23.2. The third-order valence-corrected chi connectivity index (χ3v) is 9.10. The van der Waals surface area contributed by atoms with Gasteiger partial charge >= 0.3 is 6.18 Å². The SMILES string of the molecule is [C-]#[N+]c1ccc(-c2cc(-n3c4ccccc4c4cc(C)ccc43)c(C#N)cc2-n2c3ccccc3c3cc(C)ccc32)c(C(F)(F)F)c1. The van der Waals surface area contributed by atoms with Crippen molar-refractivity contribution < 1.29 is 13.2 Å². The number of nitriles is 1. The Labute approximate surface area is 273 Å². The van der Waals surface area contributed by atoms with Crippen molar-refractivity contribution >= 4 is 49.3 Å². The van der Waals surface area contributed by atoms with Crippen molar-refractivity contribution in [2.24, 2.45) is 0 Å². The van der Waals surface area contributed by atoms with Crippen LogP contribution in [0.1, 0.15) is 22.3 Å². The van der Waals surface area contributed by atoms with E-state index in [1.807, 2.05) is 95.8 Å². The highest BCUT2D eigenvalue weighted by molar-refractivity contribution is 6.11. The molecule has 0 aliphatic heterocycles. The molecule has 2 heterocycles. The fourth-order valence-corrected chi connectivity index (χ4v) is 7.02. The number of aromatic nitrogens is 2. The van der Waals surface area contributed by atoms with E-state index >= 15 is 0 Å². The largest absolute Gasteiger partial charge is 0.415 e. The van der Waals surface area contributed by atoms with Gasteiger partial charge in [-0.1, -0.05) is 71.8 Å². The second-order valence-corrected chi connectivity index (χ2v) is 12.1. The molecule has 0 unspecified atom stereocenters. The molecule has 0 aliphatic carbocycles. The average molecular weight is 631 g/mol. The highest BCUT2D eigenvalue weighted by Gasteiger charge is 2.35. The summed E-state index contributed by atoms with van der Waals surface area (Å²) in [7, 11) is 0.